The third-order valence-corrected chi connectivity index (χ3v) is 6.46. The highest BCUT2D eigenvalue weighted by Gasteiger charge is 2.37. The van der Waals surface area contributed by atoms with Crippen molar-refractivity contribution in [2.45, 2.75) is 25.5 Å². The molecule has 1 aromatic carbocycles. The van der Waals surface area contributed by atoms with Crippen molar-refractivity contribution >= 4 is 5.82 Å². The number of pyridine rings is 1. The summed E-state index contributed by atoms with van der Waals surface area (Å²) in [5.41, 5.74) is 0.242. The summed E-state index contributed by atoms with van der Waals surface area (Å²) in [6, 6.07) is 9.11. The molecule has 4 rings (SSSR count). The molecule has 1 N–H and O–H groups in total. The number of halogens is 1. The monoisotopic (exact) mass is 488 g/mol. The molecule has 1 aromatic heterocycles. The molecule has 0 spiro atoms. The van der Waals surface area contributed by atoms with Crippen LogP contribution in [0.1, 0.15) is 18.9 Å². The van der Waals surface area contributed by atoms with Gasteiger partial charge in [-0.15, -0.1) is 0 Å². The van der Waals surface area contributed by atoms with E-state index in [1.54, 1.807) is 6.07 Å². The SMILES string of the molecule is CCOc1cc(CN(C)CC2(O)CCN(c3ccc(F)cn3)C2)ccc1OCCN1CCOCC1. The predicted octanol–water partition coefficient (Wildman–Crippen LogP) is 2.40. The number of morpholine rings is 1. The molecule has 2 aliphatic rings. The molecule has 2 aromatic rings. The number of hydrogen-bond acceptors (Lipinski definition) is 8. The van der Waals surface area contributed by atoms with E-state index in [0.29, 0.717) is 51.6 Å². The molecular weight excluding hydrogens is 451 g/mol. The average Bonchev–Trinajstić information content (AvgIpc) is 3.23. The van der Waals surface area contributed by atoms with E-state index in [1.807, 2.05) is 31.0 Å². The summed E-state index contributed by atoms with van der Waals surface area (Å²) in [4.78, 5) is 10.6. The summed E-state index contributed by atoms with van der Waals surface area (Å²) in [6.07, 6.45) is 1.85. The standard InChI is InChI=1S/C26H37FN4O4/c1-3-34-24-16-21(4-6-23(24)35-15-12-30-10-13-33-14-11-30)18-29(2)19-26(32)8-9-31(20-26)25-7-5-22(27)17-28-25/h4-7,16-17,32H,3,8-15,18-20H2,1-2H3. The van der Waals surface area contributed by atoms with Crippen LogP contribution in [0.5, 0.6) is 11.5 Å². The van der Waals surface area contributed by atoms with Crippen LogP contribution in [0.3, 0.4) is 0 Å². The summed E-state index contributed by atoms with van der Waals surface area (Å²) in [5.74, 6) is 1.83. The Morgan fingerprint density at radius 3 is 2.71 bits per heavy atom. The first-order valence-electron chi connectivity index (χ1n) is 12.4. The average molecular weight is 489 g/mol. The number of likely N-dealkylation sites (N-methyl/N-ethyl adjacent to an activating group) is 1. The van der Waals surface area contributed by atoms with Crippen LogP contribution in [-0.2, 0) is 11.3 Å². The first-order valence-corrected chi connectivity index (χ1v) is 12.4. The van der Waals surface area contributed by atoms with Gasteiger partial charge in [-0.3, -0.25) is 9.80 Å². The molecule has 35 heavy (non-hydrogen) atoms. The van der Waals surface area contributed by atoms with Crippen LogP contribution in [-0.4, -0.2) is 98.2 Å². The molecule has 3 heterocycles. The zero-order valence-corrected chi connectivity index (χ0v) is 20.8. The van der Waals surface area contributed by atoms with Crippen molar-refractivity contribution in [2.24, 2.45) is 0 Å². The summed E-state index contributed by atoms with van der Waals surface area (Å²) in [6.45, 7) is 9.79. The van der Waals surface area contributed by atoms with Gasteiger partial charge in [-0.1, -0.05) is 6.07 Å². The molecule has 8 nitrogen and oxygen atoms in total. The number of hydrogen-bond donors (Lipinski definition) is 1. The van der Waals surface area contributed by atoms with Gasteiger partial charge < -0.3 is 24.2 Å². The fourth-order valence-electron chi connectivity index (χ4n) is 4.75. The quantitative estimate of drug-likeness (QED) is 0.517. The Labute approximate surface area is 207 Å². The van der Waals surface area contributed by atoms with Gasteiger partial charge in [0.25, 0.3) is 0 Å². The van der Waals surface area contributed by atoms with Gasteiger partial charge in [0, 0.05) is 45.8 Å². The van der Waals surface area contributed by atoms with E-state index in [4.69, 9.17) is 14.2 Å². The van der Waals surface area contributed by atoms with Crippen LogP contribution >= 0.6 is 0 Å². The van der Waals surface area contributed by atoms with E-state index in [1.165, 1.54) is 12.3 Å². The first kappa shape index (κ1) is 25.6. The van der Waals surface area contributed by atoms with Gasteiger partial charge in [-0.05, 0) is 50.2 Å². The van der Waals surface area contributed by atoms with E-state index >= 15 is 0 Å². The molecule has 0 radical (unpaired) electrons. The van der Waals surface area contributed by atoms with Gasteiger partial charge in [-0.25, -0.2) is 9.37 Å². The first-order chi connectivity index (χ1) is 16.9. The summed E-state index contributed by atoms with van der Waals surface area (Å²) in [7, 11) is 2.00. The molecule has 1 atom stereocenters. The van der Waals surface area contributed by atoms with Crippen LogP contribution in [0.25, 0.3) is 0 Å². The highest BCUT2D eigenvalue weighted by molar-refractivity contribution is 5.43. The van der Waals surface area contributed by atoms with Crippen LogP contribution in [0.2, 0.25) is 0 Å². The fourth-order valence-corrected chi connectivity index (χ4v) is 4.75. The molecule has 9 heteroatoms. The number of ether oxygens (including phenoxy) is 3. The fraction of sp³-hybridized carbons (Fsp3) is 0.577. The second-order valence-corrected chi connectivity index (χ2v) is 9.42. The number of anilines is 1. The predicted molar refractivity (Wildman–Crippen MR) is 133 cm³/mol. The van der Waals surface area contributed by atoms with Crippen LogP contribution in [0.4, 0.5) is 10.2 Å². The molecule has 192 valence electrons. The highest BCUT2D eigenvalue weighted by atomic mass is 19.1. The molecular formula is C26H37FN4O4. The number of aromatic nitrogens is 1. The van der Waals surface area contributed by atoms with Crippen LogP contribution in [0.15, 0.2) is 36.5 Å². The minimum atomic E-state index is -0.851. The zero-order chi connectivity index (χ0) is 24.7. The molecule has 0 amide bonds. The highest BCUT2D eigenvalue weighted by Crippen LogP contribution is 2.30. The number of aliphatic hydroxyl groups is 1. The second kappa shape index (κ2) is 12.0. The number of rotatable bonds is 11. The summed E-state index contributed by atoms with van der Waals surface area (Å²) in [5, 5.41) is 11.2. The Balaban J connectivity index is 1.30. The van der Waals surface area contributed by atoms with E-state index < -0.39 is 5.60 Å². The maximum atomic E-state index is 13.2. The molecule has 2 saturated heterocycles. The van der Waals surface area contributed by atoms with E-state index in [2.05, 4.69) is 20.9 Å². The van der Waals surface area contributed by atoms with Gasteiger partial charge in [0.2, 0.25) is 0 Å². The maximum absolute atomic E-state index is 13.2. The summed E-state index contributed by atoms with van der Waals surface area (Å²) >= 11 is 0. The van der Waals surface area contributed by atoms with Crippen LogP contribution < -0.4 is 14.4 Å². The number of benzene rings is 1. The second-order valence-electron chi connectivity index (χ2n) is 9.42. The largest absolute Gasteiger partial charge is 0.490 e. The van der Waals surface area contributed by atoms with Crippen molar-refractivity contribution in [3.8, 4) is 11.5 Å². The van der Waals surface area contributed by atoms with Crippen molar-refractivity contribution < 1.29 is 23.7 Å². The molecule has 0 saturated carbocycles. The Morgan fingerprint density at radius 2 is 1.97 bits per heavy atom. The zero-order valence-electron chi connectivity index (χ0n) is 20.8. The Morgan fingerprint density at radius 1 is 1.14 bits per heavy atom. The minimum Gasteiger partial charge on any atom is -0.490 e. The molecule has 0 aliphatic carbocycles. The van der Waals surface area contributed by atoms with E-state index in [9.17, 15) is 9.50 Å². The van der Waals surface area contributed by atoms with Crippen LogP contribution in [0, 0.1) is 5.82 Å². The molecule has 1 unspecified atom stereocenters. The van der Waals surface area contributed by atoms with Gasteiger partial charge in [0.05, 0.1) is 31.6 Å². The van der Waals surface area contributed by atoms with Gasteiger partial charge >= 0.3 is 0 Å². The van der Waals surface area contributed by atoms with Crippen molar-refractivity contribution in [2.75, 3.05) is 77.6 Å². The topological polar surface area (TPSA) is 70.5 Å². The molecule has 2 fully saturated rings. The number of β-amino-alcohol motifs (C(OH)–C–C–N with tert-alkyl or cyclic N) is 1. The van der Waals surface area contributed by atoms with Crippen molar-refractivity contribution in [3.63, 3.8) is 0 Å². The smallest absolute Gasteiger partial charge is 0.161 e. The molecule has 0 bridgehead atoms. The third kappa shape index (κ3) is 7.27. The Hall–Kier alpha value is -2.46. The lowest BCUT2D eigenvalue weighted by atomic mass is 10.0. The minimum absolute atomic E-state index is 0.358. The van der Waals surface area contributed by atoms with Crippen molar-refractivity contribution in [3.05, 3.63) is 47.9 Å². The lowest BCUT2D eigenvalue weighted by Gasteiger charge is -2.29. The molecule has 2 aliphatic heterocycles. The third-order valence-electron chi connectivity index (χ3n) is 6.46. The van der Waals surface area contributed by atoms with Crippen molar-refractivity contribution in [1.29, 1.82) is 0 Å². The van der Waals surface area contributed by atoms with Gasteiger partial charge in [0.15, 0.2) is 11.5 Å². The Bertz CT molecular complexity index is 941. The summed E-state index contributed by atoms with van der Waals surface area (Å²) < 4.78 is 30.5. The van der Waals surface area contributed by atoms with Gasteiger partial charge in [0.1, 0.15) is 18.2 Å². The maximum Gasteiger partial charge on any atom is 0.161 e. The normalized spacial score (nSPS) is 21.0. The van der Waals surface area contributed by atoms with Crippen molar-refractivity contribution in [1.82, 2.24) is 14.8 Å². The lowest BCUT2D eigenvalue weighted by Crippen LogP contribution is -2.43. The Kier molecular flexibility index (Phi) is 8.78. The number of nitrogens with zero attached hydrogens (tertiary/aromatic N) is 4. The lowest BCUT2D eigenvalue weighted by molar-refractivity contribution is 0.0279. The van der Waals surface area contributed by atoms with Gasteiger partial charge in [-0.2, -0.15) is 0 Å². The van der Waals surface area contributed by atoms with E-state index in [0.717, 1.165) is 49.9 Å². The van der Waals surface area contributed by atoms with E-state index in [-0.39, 0.29) is 5.82 Å².